The molecule has 0 bridgehead atoms. The summed E-state index contributed by atoms with van der Waals surface area (Å²) < 4.78 is 5.18. The van der Waals surface area contributed by atoms with Crippen molar-refractivity contribution >= 4 is 5.91 Å². The van der Waals surface area contributed by atoms with Gasteiger partial charge in [0.15, 0.2) is 0 Å². The van der Waals surface area contributed by atoms with Crippen LogP contribution in [0.3, 0.4) is 0 Å². The summed E-state index contributed by atoms with van der Waals surface area (Å²) in [6.07, 6.45) is 6.65. The standard InChI is InChI=1S/C19H23N3O3/c1-19(24,15-5-7-16(25-2)8-6-15)17-4-3-9-22(17)18(23)10-14-11-20-13-21-12-14/h5-8,11-13,17,24H,3-4,9-10H2,1-2H3/t17-,19-/m1/s1. The highest BCUT2D eigenvalue weighted by atomic mass is 16.5. The predicted molar refractivity (Wildman–Crippen MR) is 93.0 cm³/mol. The second-order valence-corrected chi connectivity index (χ2v) is 6.54. The first-order valence-corrected chi connectivity index (χ1v) is 8.42. The van der Waals surface area contributed by atoms with Crippen molar-refractivity contribution in [2.24, 2.45) is 0 Å². The summed E-state index contributed by atoms with van der Waals surface area (Å²) in [5.41, 5.74) is 0.439. The monoisotopic (exact) mass is 341 g/mol. The van der Waals surface area contributed by atoms with Crippen molar-refractivity contribution in [1.29, 1.82) is 0 Å². The molecular formula is C19H23N3O3. The van der Waals surface area contributed by atoms with Crippen molar-refractivity contribution in [3.05, 3.63) is 54.1 Å². The van der Waals surface area contributed by atoms with Gasteiger partial charge in [0, 0.05) is 18.9 Å². The minimum absolute atomic E-state index is 0.00825. The van der Waals surface area contributed by atoms with Gasteiger partial charge in [-0.1, -0.05) is 12.1 Å². The van der Waals surface area contributed by atoms with Crippen LogP contribution in [0.5, 0.6) is 5.75 Å². The van der Waals surface area contributed by atoms with Crippen LogP contribution in [0, 0.1) is 0 Å². The van der Waals surface area contributed by atoms with E-state index in [0.717, 1.165) is 29.7 Å². The summed E-state index contributed by atoms with van der Waals surface area (Å²) in [6.45, 7) is 2.43. The first kappa shape index (κ1) is 17.4. The third kappa shape index (κ3) is 3.64. The van der Waals surface area contributed by atoms with Gasteiger partial charge in [-0.3, -0.25) is 4.79 Å². The van der Waals surface area contributed by atoms with Gasteiger partial charge in [-0.05, 0) is 43.0 Å². The molecule has 132 valence electrons. The van der Waals surface area contributed by atoms with E-state index >= 15 is 0 Å². The summed E-state index contributed by atoms with van der Waals surface area (Å²) in [7, 11) is 1.61. The van der Waals surface area contributed by atoms with Crippen molar-refractivity contribution < 1.29 is 14.6 Å². The Balaban J connectivity index is 1.78. The zero-order chi connectivity index (χ0) is 17.9. The zero-order valence-corrected chi connectivity index (χ0v) is 14.6. The molecule has 0 aliphatic carbocycles. The van der Waals surface area contributed by atoms with Crippen molar-refractivity contribution in [2.45, 2.75) is 37.8 Å². The Bertz CT molecular complexity index is 716. The Labute approximate surface area is 147 Å². The fourth-order valence-electron chi connectivity index (χ4n) is 3.47. The number of hydrogen-bond donors (Lipinski definition) is 1. The number of carbonyl (C=O) groups excluding carboxylic acids is 1. The van der Waals surface area contributed by atoms with Crippen LogP contribution in [0.25, 0.3) is 0 Å². The fourth-order valence-corrected chi connectivity index (χ4v) is 3.47. The van der Waals surface area contributed by atoms with Gasteiger partial charge < -0.3 is 14.7 Å². The smallest absolute Gasteiger partial charge is 0.227 e. The van der Waals surface area contributed by atoms with Gasteiger partial charge in [-0.2, -0.15) is 0 Å². The molecule has 2 heterocycles. The van der Waals surface area contributed by atoms with E-state index in [-0.39, 0.29) is 18.4 Å². The Morgan fingerprint density at radius 3 is 2.64 bits per heavy atom. The largest absolute Gasteiger partial charge is 0.497 e. The minimum Gasteiger partial charge on any atom is -0.497 e. The van der Waals surface area contributed by atoms with E-state index in [1.807, 2.05) is 24.3 Å². The molecule has 6 heteroatoms. The van der Waals surface area contributed by atoms with E-state index in [1.165, 1.54) is 6.33 Å². The summed E-state index contributed by atoms with van der Waals surface area (Å²) in [4.78, 5) is 22.4. The average molecular weight is 341 g/mol. The second kappa shape index (κ2) is 7.19. The highest BCUT2D eigenvalue weighted by molar-refractivity contribution is 5.79. The van der Waals surface area contributed by atoms with Crippen LogP contribution >= 0.6 is 0 Å². The highest BCUT2D eigenvalue weighted by Gasteiger charge is 2.42. The molecule has 1 amide bonds. The molecule has 0 saturated carbocycles. The first-order chi connectivity index (χ1) is 12.0. The average Bonchev–Trinajstić information content (AvgIpc) is 3.13. The number of carbonyl (C=O) groups is 1. The van der Waals surface area contributed by atoms with Crippen LogP contribution in [0.1, 0.15) is 30.9 Å². The van der Waals surface area contributed by atoms with E-state index in [9.17, 15) is 9.90 Å². The molecule has 1 saturated heterocycles. The summed E-state index contributed by atoms with van der Waals surface area (Å²) >= 11 is 0. The molecular weight excluding hydrogens is 318 g/mol. The number of benzene rings is 1. The van der Waals surface area contributed by atoms with Gasteiger partial charge in [-0.15, -0.1) is 0 Å². The maximum Gasteiger partial charge on any atom is 0.227 e. The van der Waals surface area contributed by atoms with E-state index in [2.05, 4.69) is 9.97 Å². The number of hydrogen-bond acceptors (Lipinski definition) is 5. The number of nitrogens with zero attached hydrogens (tertiary/aromatic N) is 3. The Hall–Kier alpha value is -2.47. The summed E-state index contributed by atoms with van der Waals surface area (Å²) in [5.74, 6) is 0.731. The molecule has 2 atom stereocenters. The Kier molecular flexibility index (Phi) is 4.99. The topological polar surface area (TPSA) is 75.6 Å². The third-order valence-corrected chi connectivity index (χ3v) is 4.87. The van der Waals surface area contributed by atoms with Crippen LogP contribution in [0.2, 0.25) is 0 Å². The van der Waals surface area contributed by atoms with Gasteiger partial charge in [-0.25, -0.2) is 9.97 Å². The summed E-state index contributed by atoms with van der Waals surface area (Å²) in [6, 6.07) is 7.10. The molecule has 0 unspecified atom stereocenters. The lowest BCUT2D eigenvalue weighted by molar-refractivity contribution is -0.137. The maximum absolute atomic E-state index is 12.7. The number of methoxy groups -OCH3 is 1. The van der Waals surface area contributed by atoms with Crippen LogP contribution in [0.4, 0.5) is 0 Å². The van der Waals surface area contributed by atoms with Crippen molar-refractivity contribution in [3.63, 3.8) is 0 Å². The first-order valence-electron chi connectivity index (χ1n) is 8.42. The van der Waals surface area contributed by atoms with E-state index in [0.29, 0.717) is 6.54 Å². The van der Waals surface area contributed by atoms with Crippen LogP contribution in [-0.2, 0) is 16.8 Å². The molecule has 1 aliphatic rings. The molecule has 1 aromatic carbocycles. The minimum atomic E-state index is -1.12. The normalized spacial score (nSPS) is 19.5. The zero-order valence-electron chi connectivity index (χ0n) is 14.6. The van der Waals surface area contributed by atoms with E-state index in [1.54, 1.807) is 31.3 Å². The number of ether oxygens (including phenoxy) is 1. The van der Waals surface area contributed by atoms with Gasteiger partial charge in [0.2, 0.25) is 5.91 Å². The predicted octanol–water partition coefficient (Wildman–Crippen LogP) is 1.93. The molecule has 1 fully saturated rings. The molecule has 3 rings (SSSR count). The van der Waals surface area contributed by atoms with Crippen molar-refractivity contribution in [3.8, 4) is 5.75 Å². The van der Waals surface area contributed by atoms with Crippen molar-refractivity contribution in [2.75, 3.05) is 13.7 Å². The Morgan fingerprint density at radius 1 is 1.32 bits per heavy atom. The van der Waals surface area contributed by atoms with Crippen molar-refractivity contribution in [1.82, 2.24) is 14.9 Å². The SMILES string of the molecule is COc1ccc([C@@](C)(O)[C@H]2CCCN2C(=O)Cc2cncnc2)cc1. The van der Waals surface area contributed by atoms with Crippen LogP contribution < -0.4 is 4.74 Å². The molecule has 1 aliphatic heterocycles. The Morgan fingerprint density at radius 2 is 2.00 bits per heavy atom. The van der Waals surface area contributed by atoms with E-state index < -0.39 is 5.60 Å². The molecule has 1 N–H and O–H groups in total. The molecule has 2 aromatic rings. The second-order valence-electron chi connectivity index (χ2n) is 6.54. The quantitative estimate of drug-likeness (QED) is 0.899. The lowest BCUT2D eigenvalue weighted by Crippen LogP contribution is -2.48. The number of aliphatic hydroxyl groups is 1. The molecule has 0 radical (unpaired) electrons. The number of rotatable bonds is 5. The van der Waals surface area contributed by atoms with Gasteiger partial charge in [0.25, 0.3) is 0 Å². The van der Waals surface area contributed by atoms with Gasteiger partial charge >= 0.3 is 0 Å². The lowest BCUT2D eigenvalue weighted by Gasteiger charge is -2.37. The molecule has 0 spiro atoms. The van der Waals surface area contributed by atoms with E-state index in [4.69, 9.17) is 4.74 Å². The molecule has 6 nitrogen and oxygen atoms in total. The molecule has 25 heavy (non-hydrogen) atoms. The third-order valence-electron chi connectivity index (χ3n) is 4.87. The number of likely N-dealkylation sites (tertiary alicyclic amines) is 1. The number of amides is 1. The lowest BCUT2D eigenvalue weighted by atomic mass is 9.86. The maximum atomic E-state index is 12.7. The molecule has 1 aromatic heterocycles. The highest BCUT2D eigenvalue weighted by Crippen LogP contribution is 2.35. The number of aromatic nitrogens is 2. The van der Waals surface area contributed by atoms with Crippen LogP contribution in [-0.4, -0.2) is 45.6 Å². The van der Waals surface area contributed by atoms with Gasteiger partial charge in [0.1, 0.15) is 17.7 Å². The fraction of sp³-hybridized carbons (Fsp3) is 0.421. The van der Waals surface area contributed by atoms with Crippen LogP contribution in [0.15, 0.2) is 43.0 Å². The van der Waals surface area contributed by atoms with Gasteiger partial charge in [0.05, 0.1) is 19.6 Å². The summed E-state index contributed by atoms with van der Waals surface area (Å²) in [5, 5.41) is 11.2.